The first-order valence-electron chi connectivity index (χ1n) is 8.35. The van der Waals surface area contributed by atoms with Crippen LogP contribution in [0.15, 0.2) is 60.9 Å². The Kier molecular flexibility index (Phi) is 3.77. The topological polar surface area (TPSA) is 78.6 Å². The molecule has 0 unspecified atom stereocenters. The van der Waals surface area contributed by atoms with Gasteiger partial charge in [0, 0.05) is 34.9 Å². The molecule has 0 atom stereocenters. The van der Waals surface area contributed by atoms with Gasteiger partial charge in [-0.25, -0.2) is 4.98 Å². The lowest BCUT2D eigenvalue weighted by Crippen LogP contribution is -1.96. The molecule has 0 amide bonds. The molecule has 0 aliphatic rings. The number of ether oxygens (including phenoxy) is 1. The van der Waals surface area contributed by atoms with Crippen LogP contribution in [-0.4, -0.2) is 16.5 Å². The van der Waals surface area contributed by atoms with Crippen LogP contribution in [0.1, 0.15) is 5.69 Å². The monoisotopic (exact) mass is 344 g/mol. The van der Waals surface area contributed by atoms with Gasteiger partial charge in [0.2, 0.25) is 0 Å². The fraction of sp³-hybridized carbons (Fsp3) is 0.0952. The fourth-order valence-corrected chi connectivity index (χ4v) is 3.43. The summed E-state index contributed by atoms with van der Waals surface area (Å²) in [6.45, 7) is 2.09. The van der Waals surface area contributed by atoms with Gasteiger partial charge in [0.1, 0.15) is 11.6 Å². The first-order chi connectivity index (χ1) is 12.6. The molecule has 5 heteroatoms. The molecule has 0 bridgehead atoms. The highest BCUT2D eigenvalue weighted by Gasteiger charge is 2.20. The third-order valence-corrected chi connectivity index (χ3v) is 4.70. The second-order valence-electron chi connectivity index (χ2n) is 6.22. The number of nitrogens with two attached hydrogens (primary N) is 2. The third-order valence-electron chi connectivity index (χ3n) is 4.70. The van der Waals surface area contributed by atoms with Crippen molar-refractivity contribution in [3.05, 3.63) is 66.6 Å². The number of nitrogen functional groups attached to an aromatic ring is 2. The van der Waals surface area contributed by atoms with Gasteiger partial charge >= 0.3 is 0 Å². The van der Waals surface area contributed by atoms with Gasteiger partial charge in [-0.3, -0.25) is 0 Å². The van der Waals surface area contributed by atoms with E-state index in [0.717, 1.165) is 44.9 Å². The van der Waals surface area contributed by atoms with E-state index in [1.54, 1.807) is 13.3 Å². The molecule has 2 heterocycles. The number of methoxy groups -OCH3 is 1. The van der Waals surface area contributed by atoms with Gasteiger partial charge in [0.05, 0.1) is 12.6 Å². The first-order valence-corrected chi connectivity index (χ1v) is 8.35. The standard InChI is InChI=1S/C21H20N4O/c1-13-18(14-3-7-16(22)8-4-14)19(15-5-9-17(26-2)10-6-15)20-21(23)24-11-12-25(13)20/h3-12H,22H2,1-2H3,(H2,23,24). The van der Waals surface area contributed by atoms with Crippen molar-refractivity contribution >= 4 is 17.0 Å². The van der Waals surface area contributed by atoms with Crippen LogP contribution < -0.4 is 16.2 Å². The van der Waals surface area contributed by atoms with E-state index in [9.17, 15) is 0 Å². The van der Waals surface area contributed by atoms with Crippen molar-refractivity contribution < 1.29 is 4.74 Å². The lowest BCUT2D eigenvalue weighted by atomic mass is 9.95. The lowest BCUT2D eigenvalue weighted by Gasteiger charge is -2.09. The van der Waals surface area contributed by atoms with Gasteiger partial charge < -0.3 is 20.6 Å². The van der Waals surface area contributed by atoms with Crippen molar-refractivity contribution in [2.75, 3.05) is 18.6 Å². The van der Waals surface area contributed by atoms with Crippen molar-refractivity contribution in [1.29, 1.82) is 0 Å². The largest absolute Gasteiger partial charge is 0.497 e. The van der Waals surface area contributed by atoms with E-state index in [4.69, 9.17) is 16.2 Å². The molecule has 130 valence electrons. The molecule has 0 aliphatic carbocycles. The molecule has 0 fully saturated rings. The highest BCUT2D eigenvalue weighted by Crippen LogP contribution is 2.42. The molecule has 0 aliphatic heterocycles. The van der Waals surface area contributed by atoms with E-state index in [-0.39, 0.29) is 0 Å². The quantitative estimate of drug-likeness (QED) is 0.547. The van der Waals surface area contributed by atoms with Crippen molar-refractivity contribution in [2.45, 2.75) is 6.92 Å². The van der Waals surface area contributed by atoms with Crippen molar-refractivity contribution in [1.82, 2.24) is 9.38 Å². The lowest BCUT2D eigenvalue weighted by molar-refractivity contribution is 0.415. The van der Waals surface area contributed by atoms with Crippen molar-refractivity contribution in [3.63, 3.8) is 0 Å². The fourth-order valence-electron chi connectivity index (χ4n) is 3.43. The summed E-state index contributed by atoms with van der Waals surface area (Å²) in [5, 5.41) is 0. The summed E-state index contributed by atoms with van der Waals surface area (Å²) in [6.07, 6.45) is 3.66. The SMILES string of the molecule is COc1ccc(-c2c(-c3ccc(N)cc3)c(C)n3ccnc(N)c23)cc1. The van der Waals surface area contributed by atoms with E-state index >= 15 is 0 Å². The number of hydrogen-bond acceptors (Lipinski definition) is 4. The predicted octanol–water partition coefficient (Wildman–Crippen LogP) is 4.15. The van der Waals surface area contributed by atoms with Crippen LogP contribution in [0.25, 0.3) is 27.8 Å². The number of aryl methyl sites for hydroxylation is 1. The number of anilines is 2. The molecule has 4 rings (SSSR count). The third kappa shape index (κ3) is 2.45. The summed E-state index contributed by atoms with van der Waals surface area (Å²) in [6, 6.07) is 15.9. The van der Waals surface area contributed by atoms with Crippen molar-refractivity contribution in [3.8, 4) is 28.0 Å². The van der Waals surface area contributed by atoms with Crippen molar-refractivity contribution in [2.24, 2.45) is 0 Å². The summed E-state index contributed by atoms with van der Waals surface area (Å²) in [7, 11) is 1.66. The molecule has 4 N–H and O–H groups in total. The summed E-state index contributed by atoms with van der Waals surface area (Å²) in [5.74, 6) is 1.32. The number of benzene rings is 2. The smallest absolute Gasteiger partial charge is 0.148 e. The average molecular weight is 344 g/mol. The maximum atomic E-state index is 6.26. The Balaban J connectivity index is 2.08. The van der Waals surface area contributed by atoms with Gasteiger partial charge in [-0.2, -0.15) is 0 Å². The first kappa shape index (κ1) is 16.0. The van der Waals surface area contributed by atoms with Crippen LogP contribution in [0.4, 0.5) is 11.5 Å². The molecule has 2 aromatic carbocycles. The number of rotatable bonds is 3. The van der Waals surface area contributed by atoms with Gasteiger partial charge in [-0.05, 0) is 42.3 Å². The molecular formula is C21H20N4O. The van der Waals surface area contributed by atoms with Crippen LogP contribution in [0.5, 0.6) is 5.75 Å². The van der Waals surface area contributed by atoms with Gasteiger partial charge in [-0.1, -0.05) is 24.3 Å². The Morgan fingerprint density at radius 3 is 2.15 bits per heavy atom. The Bertz CT molecular complexity index is 1080. The minimum absolute atomic E-state index is 0.503. The van der Waals surface area contributed by atoms with Crippen LogP contribution >= 0.6 is 0 Å². The van der Waals surface area contributed by atoms with Crippen LogP contribution in [0.3, 0.4) is 0 Å². The Labute approximate surface area is 151 Å². The molecule has 0 radical (unpaired) electrons. The molecule has 0 spiro atoms. The van der Waals surface area contributed by atoms with E-state index in [0.29, 0.717) is 5.82 Å². The van der Waals surface area contributed by atoms with Gasteiger partial charge in [0.25, 0.3) is 0 Å². The minimum atomic E-state index is 0.503. The number of aromatic nitrogens is 2. The van der Waals surface area contributed by atoms with E-state index in [1.807, 2.05) is 54.7 Å². The molecule has 26 heavy (non-hydrogen) atoms. The van der Waals surface area contributed by atoms with Crippen LogP contribution in [0.2, 0.25) is 0 Å². The summed E-state index contributed by atoms with van der Waals surface area (Å²) in [4.78, 5) is 4.30. The summed E-state index contributed by atoms with van der Waals surface area (Å²) in [5.41, 5.74) is 19.2. The normalized spacial score (nSPS) is 11.0. The van der Waals surface area contributed by atoms with Crippen LogP contribution in [0, 0.1) is 6.92 Å². The molecule has 2 aromatic heterocycles. The zero-order valence-corrected chi connectivity index (χ0v) is 14.7. The maximum absolute atomic E-state index is 6.26. The molecule has 5 nitrogen and oxygen atoms in total. The van der Waals surface area contributed by atoms with Crippen LogP contribution in [-0.2, 0) is 0 Å². The Morgan fingerprint density at radius 2 is 1.50 bits per heavy atom. The molecule has 4 aromatic rings. The summed E-state index contributed by atoms with van der Waals surface area (Å²) < 4.78 is 7.38. The number of fused-ring (bicyclic) bond motifs is 1. The molecular weight excluding hydrogens is 324 g/mol. The van der Waals surface area contributed by atoms with E-state index in [2.05, 4.69) is 16.3 Å². The molecule has 0 saturated carbocycles. The van der Waals surface area contributed by atoms with E-state index < -0.39 is 0 Å². The Hall–Kier alpha value is -3.47. The molecule has 0 saturated heterocycles. The highest BCUT2D eigenvalue weighted by molar-refractivity contribution is 6.00. The predicted molar refractivity (Wildman–Crippen MR) is 106 cm³/mol. The zero-order chi connectivity index (χ0) is 18.3. The van der Waals surface area contributed by atoms with E-state index in [1.165, 1.54) is 0 Å². The minimum Gasteiger partial charge on any atom is -0.497 e. The highest BCUT2D eigenvalue weighted by atomic mass is 16.5. The average Bonchev–Trinajstić information content (AvgIpc) is 2.97. The number of nitrogens with zero attached hydrogens (tertiary/aromatic N) is 2. The van der Waals surface area contributed by atoms with Gasteiger partial charge in [-0.15, -0.1) is 0 Å². The summed E-state index contributed by atoms with van der Waals surface area (Å²) >= 11 is 0. The second-order valence-corrected chi connectivity index (χ2v) is 6.22. The zero-order valence-electron chi connectivity index (χ0n) is 14.7. The second kappa shape index (κ2) is 6.11. The van der Waals surface area contributed by atoms with Gasteiger partial charge in [0.15, 0.2) is 0 Å². The maximum Gasteiger partial charge on any atom is 0.148 e. The number of hydrogen-bond donors (Lipinski definition) is 2. The Morgan fingerprint density at radius 1 is 0.885 bits per heavy atom.